The predicted molar refractivity (Wildman–Crippen MR) is 43.0 cm³/mol. The van der Waals surface area contributed by atoms with Crippen molar-refractivity contribution in [1.29, 1.82) is 0 Å². The van der Waals surface area contributed by atoms with E-state index in [0.717, 1.165) is 0 Å². The van der Waals surface area contributed by atoms with Crippen LogP contribution in [0.2, 0.25) is 0 Å². The van der Waals surface area contributed by atoms with E-state index in [2.05, 4.69) is 4.98 Å². The molecule has 0 saturated carbocycles. The highest BCUT2D eigenvalue weighted by Crippen LogP contribution is 1.94. The fourth-order valence-electron chi connectivity index (χ4n) is 0.895. The van der Waals surface area contributed by atoms with Crippen LogP contribution >= 0.6 is 0 Å². The van der Waals surface area contributed by atoms with Gasteiger partial charge >= 0.3 is 5.97 Å². The maximum Gasteiger partial charge on any atom is 0.303 e. The van der Waals surface area contributed by atoms with Crippen molar-refractivity contribution < 1.29 is 9.90 Å². The number of carboxylic acid groups (broad SMARTS) is 1. The molecule has 0 atom stereocenters. The zero-order chi connectivity index (χ0) is 8.97. The average molecular weight is 167 g/mol. The zero-order valence-corrected chi connectivity index (χ0v) is 6.41. The number of aliphatic carboxylic acids is 1. The van der Waals surface area contributed by atoms with Crippen LogP contribution in [0.5, 0.6) is 0 Å². The molecule has 0 aliphatic carbocycles. The summed E-state index contributed by atoms with van der Waals surface area (Å²) in [6.07, 6.45) is 1.80. The lowest BCUT2D eigenvalue weighted by Crippen LogP contribution is -2.12. The lowest BCUT2D eigenvalue weighted by Gasteiger charge is -1.94. The summed E-state index contributed by atoms with van der Waals surface area (Å²) in [6, 6.07) is 3.31. The molecule has 0 aromatic carbocycles. The second-order valence-corrected chi connectivity index (χ2v) is 2.42. The van der Waals surface area contributed by atoms with E-state index >= 15 is 0 Å². The van der Waals surface area contributed by atoms with E-state index in [9.17, 15) is 9.59 Å². The van der Waals surface area contributed by atoms with Crippen LogP contribution in [0.3, 0.4) is 0 Å². The highest BCUT2D eigenvalue weighted by molar-refractivity contribution is 5.67. The fourth-order valence-corrected chi connectivity index (χ4v) is 0.895. The molecule has 0 radical (unpaired) electrons. The van der Waals surface area contributed by atoms with Gasteiger partial charge in [-0.2, -0.15) is 0 Å². The normalized spacial score (nSPS) is 9.67. The van der Waals surface area contributed by atoms with Gasteiger partial charge in [0.2, 0.25) is 0 Å². The molecular formula is C8H9NO3. The molecule has 0 aliphatic rings. The van der Waals surface area contributed by atoms with Gasteiger partial charge < -0.3 is 10.1 Å². The summed E-state index contributed by atoms with van der Waals surface area (Å²) in [5, 5.41) is 8.35. The van der Waals surface area contributed by atoms with Crippen LogP contribution in [0.4, 0.5) is 0 Å². The van der Waals surface area contributed by atoms with Crippen molar-refractivity contribution in [3.63, 3.8) is 0 Å². The molecule has 0 amide bonds. The molecule has 64 valence electrons. The number of H-pyrrole nitrogens is 1. The summed E-state index contributed by atoms with van der Waals surface area (Å²) in [5.41, 5.74) is 0.304. The van der Waals surface area contributed by atoms with Crippen LogP contribution in [0.1, 0.15) is 12.0 Å². The molecule has 2 N–H and O–H groups in total. The van der Waals surface area contributed by atoms with Gasteiger partial charge in [0.1, 0.15) is 0 Å². The molecule has 0 aliphatic heterocycles. The van der Waals surface area contributed by atoms with Crippen molar-refractivity contribution in [2.24, 2.45) is 0 Å². The quantitative estimate of drug-likeness (QED) is 0.684. The van der Waals surface area contributed by atoms with Crippen LogP contribution < -0.4 is 5.56 Å². The van der Waals surface area contributed by atoms with Gasteiger partial charge in [-0.3, -0.25) is 9.59 Å². The van der Waals surface area contributed by atoms with Gasteiger partial charge in [0, 0.05) is 18.2 Å². The molecule has 12 heavy (non-hydrogen) atoms. The van der Waals surface area contributed by atoms with Crippen LogP contribution in [-0.4, -0.2) is 16.1 Å². The van der Waals surface area contributed by atoms with Gasteiger partial charge in [-0.25, -0.2) is 0 Å². The van der Waals surface area contributed by atoms with Gasteiger partial charge in [-0.15, -0.1) is 0 Å². The van der Waals surface area contributed by atoms with Crippen molar-refractivity contribution in [2.45, 2.75) is 12.8 Å². The van der Waals surface area contributed by atoms with Crippen molar-refractivity contribution in [2.75, 3.05) is 0 Å². The Hall–Kier alpha value is -1.58. The maximum absolute atomic E-state index is 11.0. The first-order chi connectivity index (χ1) is 5.70. The number of aromatic nitrogens is 1. The van der Waals surface area contributed by atoms with Gasteiger partial charge in [-0.05, 0) is 12.5 Å². The first-order valence-electron chi connectivity index (χ1n) is 3.58. The van der Waals surface area contributed by atoms with E-state index in [0.29, 0.717) is 5.56 Å². The second kappa shape index (κ2) is 3.71. The molecule has 1 heterocycles. The van der Waals surface area contributed by atoms with Gasteiger partial charge in [0.25, 0.3) is 5.56 Å². The summed E-state index contributed by atoms with van der Waals surface area (Å²) in [7, 11) is 0. The molecule has 0 saturated heterocycles. The Labute approximate surface area is 68.9 Å². The molecule has 0 spiro atoms. The van der Waals surface area contributed by atoms with E-state index in [4.69, 9.17) is 5.11 Å². The van der Waals surface area contributed by atoms with Crippen molar-refractivity contribution in [3.8, 4) is 0 Å². The standard InChI is InChI=1S/C8H9NO3/c10-7(11)4-3-6-2-1-5-9-8(6)12/h1-2,5H,3-4H2,(H,9,12)(H,10,11). The van der Waals surface area contributed by atoms with Crippen molar-refractivity contribution in [1.82, 2.24) is 4.98 Å². The summed E-state index contributed by atoms with van der Waals surface area (Å²) in [5.74, 6) is -0.891. The average Bonchev–Trinajstić information content (AvgIpc) is 2.03. The summed E-state index contributed by atoms with van der Waals surface area (Å²) in [6.45, 7) is 0. The Morgan fingerprint density at radius 2 is 2.33 bits per heavy atom. The highest BCUT2D eigenvalue weighted by atomic mass is 16.4. The van der Waals surface area contributed by atoms with Crippen LogP contribution in [0.25, 0.3) is 0 Å². The van der Waals surface area contributed by atoms with Gasteiger partial charge in [0.15, 0.2) is 0 Å². The van der Waals surface area contributed by atoms with E-state index in [1.165, 1.54) is 6.20 Å². The highest BCUT2D eigenvalue weighted by Gasteiger charge is 2.01. The number of nitrogens with one attached hydrogen (secondary N) is 1. The molecule has 4 nitrogen and oxygen atoms in total. The molecule has 1 aromatic heterocycles. The van der Waals surface area contributed by atoms with E-state index in [1.54, 1.807) is 12.1 Å². The van der Waals surface area contributed by atoms with Crippen LogP contribution in [0, 0.1) is 0 Å². The number of hydrogen-bond acceptors (Lipinski definition) is 2. The van der Waals surface area contributed by atoms with E-state index in [-0.39, 0.29) is 18.4 Å². The maximum atomic E-state index is 11.0. The first kappa shape index (κ1) is 8.52. The molecule has 0 bridgehead atoms. The number of aryl methyl sites for hydroxylation is 1. The summed E-state index contributed by atoms with van der Waals surface area (Å²) in [4.78, 5) is 23.6. The molecule has 4 heteroatoms. The minimum Gasteiger partial charge on any atom is -0.481 e. The molecule has 1 aromatic rings. The number of hydrogen-bond donors (Lipinski definition) is 2. The predicted octanol–water partition coefficient (Wildman–Crippen LogP) is 0.392. The lowest BCUT2D eigenvalue weighted by atomic mass is 10.1. The summed E-state index contributed by atoms with van der Waals surface area (Å²) < 4.78 is 0. The minimum absolute atomic E-state index is 0.00685. The Balaban J connectivity index is 2.70. The number of rotatable bonds is 3. The Kier molecular flexibility index (Phi) is 2.63. The molecule has 0 fully saturated rings. The molecule has 0 unspecified atom stereocenters. The minimum atomic E-state index is -0.891. The van der Waals surface area contributed by atoms with Gasteiger partial charge in [0.05, 0.1) is 0 Å². The van der Waals surface area contributed by atoms with Crippen LogP contribution in [0.15, 0.2) is 23.1 Å². The number of aromatic amines is 1. The lowest BCUT2D eigenvalue weighted by molar-refractivity contribution is -0.136. The number of pyridine rings is 1. The Bertz CT molecular complexity index is 329. The summed E-state index contributed by atoms with van der Waals surface area (Å²) >= 11 is 0. The number of carboxylic acids is 1. The first-order valence-corrected chi connectivity index (χ1v) is 3.58. The second-order valence-electron chi connectivity index (χ2n) is 2.42. The third-order valence-corrected chi connectivity index (χ3v) is 1.51. The third kappa shape index (κ3) is 2.23. The fraction of sp³-hybridized carbons (Fsp3) is 0.250. The molecular weight excluding hydrogens is 158 g/mol. The van der Waals surface area contributed by atoms with Crippen molar-refractivity contribution in [3.05, 3.63) is 34.2 Å². The van der Waals surface area contributed by atoms with E-state index < -0.39 is 5.97 Å². The SMILES string of the molecule is O=C(O)CCc1ccc[nH]c1=O. The monoisotopic (exact) mass is 167 g/mol. The topological polar surface area (TPSA) is 70.2 Å². The number of carbonyl (C=O) groups is 1. The Morgan fingerprint density at radius 3 is 2.92 bits per heavy atom. The largest absolute Gasteiger partial charge is 0.481 e. The smallest absolute Gasteiger partial charge is 0.303 e. The Morgan fingerprint density at radius 1 is 1.58 bits per heavy atom. The third-order valence-electron chi connectivity index (χ3n) is 1.51. The van der Waals surface area contributed by atoms with Crippen molar-refractivity contribution >= 4 is 5.97 Å². The van der Waals surface area contributed by atoms with Gasteiger partial charge in [-0.1, -0.05) is 6.07 Å². The zero-order valence-electron chi connectivity index (χ0n) is 6.41. The molecule has 1 rings (SSSR count). The van der Waals surface area contributed by atoms with Crippen LogP contribution in [-0.2, 0) is 11.2 Å². The van der Waals surface area contributed by atoms with E-state index in [1.807, 2.05) is 0 Å².